The molecule has 0 unspecified atom stereocenters. The van der Waals surface area contributed by atoms with Gasteiger partial charge >= 0.3 is 0 Å². The van der Waals surface area contributed by atoms with E-state index in [1.165, 1.54) is 0 Å². The molecule has 15 heavy (non-hydrogen) atoms. The second-order valence-corrected chi connectivity index (χ2v) is 5.36. The van der Waals surface area contributed by atoms with Crippen molar-refractivity contribution in [3.63, 3.8) is 0 Å². The number of hydrogen-bond donors (Lipinski definition) is 0. The van der Waals surface area contributed by atoms with Crippen molar-refractivity contribution >= 4 is 0 Å². The molecule has 1 aliphatic rings. The highest BCUT2D eigenvalue weighted by molar-refractivity contribution is 4.87. The van der Waals surface area contributed by atoms with E-state index in [2.05, 4.69) is 32.6 Å². The summed E-state index contributed by atoms with van der Waals surface area (Å²) < 4.78 is 24.4. The number of rotatable bonds is 2. The molecule has 0 aromatic carbocycles. The quantitative estimate of drug-likeness (QED) is 0.703. The van der Waals surface area contributed by atoms with Gasteiger partial charge in [-0.2, -0.15) is 0 Å². The van der Waals surface area contributed by atoms with Crippen molar-refractivity contribution < 1.29 is 8.78 Å². The summed E-state index contributed by atoms with van der Waals surface area (Å²) in [6.07, 6.45) is -2.21. The summed E-state index contributed by atoms with van der Waals surface area (Å²) in [5.41, 5.74) is 0.135. The molecule has 0 aromatic heterocycles. The molecule has 0 aromatic rings. The van der Waals surface area contributed by atoms with Crippen LogP contribution in [0, 0.1) is 0 Å². The normalized spacial score (nSPS) is 26.2. The minimum absolute atomic E-state index is 0.0810. The van der Waals surface area contributed by atoms with Gasteiger partial charge in [-0.3, -0.25) is 9.80 Å². The minimum Gasteiger partial charge on any atom is -0.295 e. The molecular weight excluding hydrogens is 198 g/mol. The summed E-state index contributed by atoms with van der Waals surface area (Å²) in [5, 5.41) is 0. The van der Waals surface area contributed by atoms with E-state index in [-0.39, 0.29) is 12.1 Å². The second kappa shape index (κ2) is 4.74. The smallest absolute Gasteiger partial charge is 0.251 e. The topological polar surface area (TPSA) is 6.48 Å². The zero-order chi connectivity index (χ0) is 11.6. The SMILES string of the molecule is C[C@H]1CN(CC(F)F)CCN1C(C)(C)C. The Morgan fingerprint density at radius 3 is 2.27 bits per heavy atom. The van der Waals surface area contributed by atoms with Crippen LogP contribution in [-0.4, -0.2) is 54.0 Å². The summed E-state index contributed by atoms with van der Waals surface area (Å²) in [6, 6.07) is 0.359. The second-order valence-electron chi connectivity index (χ2n) is 5.36. The first kappa shape index (κ1) is 12.8. The first-order chi connectivity index (χ1) is 6.80. The van der Waals surface area contributed by atoms with Gasteiger partial charge in [-0.15, -0.1) is 0 Å². The van der Waals surface area contributed by atoms with Crippen LogP contribution in [0.5, 0.6) is 0 Å². The number of alkyl halides is 2. The van der Waals surface area contributed by atoms with Gasteiger partial charge in [0.15, 0.2) is 0 Å². The standard InChI is InChI=1S/C11H22F2N2/c1-9-7-14(8-10(12)13)5-6-15(9)11(2,3)4/h9-10H,5-8H2,1-4H3/t9-/m0/s1. The summed E-state index contributed by atoms with van der Waals surface area (Å²) in [7, 11) is 0. The van der Waals surface area contributed by atoms with Gasteiger partial charge in [-0.05, 0) is 27.7 Å². The van der Waals surface area contributed by atoms with Gasteiger partial charge in [0.25, 0.3) is 6.43 Å². The minimum atomic E-state index is -2.21. The summed E-state index contributed by atoms with van der Waals surface area (Å²) in [5.74, 6) is 0. The lowest BCUT2D eigenvalue weighted by Gasteiger charge is -2.46. The Balaban J connectivity index is 2.48. The molecule has 0 aliphatic carbocycles. The van der Waals surface area contributed by atoms with E-state index in [9.17, 15) is 8.78 Å². The van der Waals surface area contributed by atoms with Crippen molar-refractivity contribution in [3.05, 3.63) is 0 Å². The molecule has 0 radical (unpaired) electrons. The van der Waals surface area contributed by atoms with E-state index in [4.69, 9.17) is 0 Å². The average molecular weight is 220 g/mol. The number of hydrogen-bond acceptors (Lipinski definition) is 2. The van der Waals surface area contributed by atoms with Crippen molar-refractivity contribution in [3.8, 4) is 0 Å². The Labute approximate surface area is 91.2 Å². The van der Waals surface area contributed by atoms with Crippen LogP contribution in [-0.2, 0) is 0 Å². The van der Waals surface area contributed by atoms with Crippen LogP contribution in [0.15, 0.2) is 0 Å². The van der Waals surface area contributed by atoms with Gasteiger partial charge in [0.2, 0.25) is 0 Å². The molecule has 90 valence electrons. The molecule has 0 bridgehead atoms. The van der Waals surface area contributed by atoms with Gasteiger partial charge in [0.05, 0.1) is 6.54 Å². The third-order valence-electron chi connectivity index (χ3n) is 2.97. The van der Waals surface area contributed by atoms with E-state index < -0.39 is 6.43 Å². The maximum absolute atomic E-state index is 12.2. The molecule has 1 fully saturated rings. The van der Waals surface area contributed by atoms with Crippen molar-refractivity contribution in [2.24, 2.45) is 0 Å². The van der Waals surface area contributed by atoms with Crippen molar-refractivity contribution in [1.82, 2.24) is 9.80 Å². The van der Waals surface area contributed by atoms with E-state index in [1.807, 2.05) is 4.90 Å². The Bertz CT molecular complexity index is 201. The van der Waals surface area contributed by atoms with Crippen molar-refractivity contribution in [1.29, 1.82) is 0 Å². The van der Waals surface area contributed by atoms with E-state index in [1.54, 1.807) is 0 Å². The van der Waals surface area contributed by atoms with E-state index in [0.29, 0.717) is 6.04 Å². The van der Waals surface area contributed by atoms with Crippen LogP contribution >= 0.6 is 0 Å². The maximum Gasteiger partial charge on any atom is 0.251 e. The monoisotopic (exact) mass is 220 g/mol. The summed E-state index contributed by atoms with van der Waals surface area (Å²) in [4.78, 5) is 4.24. The molecule has 0 saturated carbocycles. The molecule has 1 atom stereocenters. The van der Waals surface area contributed by atoms with E-state index >= 15 is 0 Å². The lowest BCUT2D eigenvalue weighted by atomic mass is 10.0. The fourth-order valence-electron chi connectivity index (χ4n) is 2.39. The predicted molar refractivity (Wildman–Crippen MR) is 58.4 cm³/mol. The highest BCUT2D eigenvalue weighted by Gasteiger charge is 2.31. The Morgan fingerprint density at radius 1 is 1.27 bits per heavy atom. The average Bonchev–Trinajstić information content (AvgIpc) is 1.99. The van der Waals surface area contributed by atoms with Crippen molar-refractivity contribution in [2.75, 3.05) is 26.2 Å². The van der Waals surface area contributed by atoms with Crippen LogP contribution in [0.4, 0.5) is 8.78 Å². The fraction of sp³-hybridized carbons (Fsp3) is 1.00. The van der Waals surface area contributed by atoms with Crippen LogP contribution < -0.4 is 0 Å². The largest absolute Gasteiger partial charge is 0.295 e. The van der Waals surface area contributed by atoms with Gasteiger partial charge in [0.1, 0.15) is 0 Å². The molecule has 0 amide bonds. The van der Waals surface area contributed by atoms with Gasteiger partial charge in [-0.1, -0.05) is 0 Å². The third-order valence-corrected chi connectivity index (χ3v) is 2.97. The predicted octanol–water partition coefficient (Wildman–Crippen LogP) is 2.06. The molecule has 4 heteroatoms. The Kier molecular flexibility index (Phi) is 4.06. The molecule has 1 aliphatic heterocycles. The number of nitrogens with zero attached hydrogens (tertiary/aromatic N) is 2. The lowest BCUT2D eigenvalue weighted by Crippen LogP contribution is -2.58. The molecule has 0 spiro atoms. The lowest BCUT2D eigenvalue weighted by molar-refractivity contribution is -0.00452. The Hall–Kier alpha value is -0.220. The van der Waals surface area contributed by atoms with Crippen LogP contribution in [0.3, 0.4) is 0 Å². The van der Waals surface area contributed by atoms with Gasteiger partial charge in [0, 0.05) is 31.2 Å². The molecular formula is C11H22F2N2. The Morgan fingerprint density at radius 2 is 1.87 bits per heavy atom. The van der Waals surface area contributed by atoms with Gasteiger partial charge in [-0.25, -0.2) is 8.78 Å². The summed E-state index contributed by atoms with van der Waals surface area (Å²) >= 11 is 0. The molecule has 1 saturated heterocycles. The van der Waals surface area contributed by atoms with Crippen LogP contribution in [0.25, 0.3) is 0 Å². The van der Waals surface area contributed by atoms with Crippen LogP contribution in [0.1, 0.15) is 27.7 Å². The molecule has 1 rings (SSSR count). The highest BCUT2D eigenvalue weighted by Crippen LogP contribution is 2.21. The molecule has 2 nitrogen and oxygen atoms in total. The molecule has 1 heterocycles. The number of piperazine rings is 1. The van der Waals surface area contributed by atoms with E-state index in [0.717, 1.165) is 19.6 Å². The first-order valence-corrected chi connectivity index (χ1v) is 5.58. The zero-order valence-corrected chi connectivity index (χ0v) is 10.1. The molecule has 0 N–H and O–H groups in total. The van der Waals surface area contributed by atoms with Crippen molar-refractivity contribution in [2.45, 2.75) is 45.7 Å². The zero-order valence-electron chi connectivity index (χ0n) is 10.1. The summed E-state index contributed by atoms with van der Waals surface area (Å²) in [6.45, 7) is 10.9. The van der Waals surface area contributed by atoms with Gasteiger partial charge < -0.3 is 0 Å². The maximum atomic E-state index is 12.2. The third kappa shape index (κ3) is 3.68. The number of halogens is 2. The fourth-order valence-corrected chi connectivity index (χ4v) is 2.39. The highest BCUT2D eigenvalue weighted by atomic mass is 19.3. The van der Waals surface area contributed by atoms with Crippen LogP contribution in [0.2, 0.25) is 0 Å². The first-order valence-electron chi connectivity index (χ1n) is 5.58.